The number of aryl methyl sites for hydroxylation is 1. The van der Waals surface area contributed by atoms with Crippen molar-refractivity contribution in [3.05, 3.63) is 47.7 Å². The van der Waals surface area contributed by atoms with Gasteiger partial charge in [-0.15, -0.1) is 0 Å². The van der Waals surface area contributed by atoms with Crippen LogP contribution in [-0.2, 0) is 9.84 Å². The first-order valence-electron chi connectivity index (χ1n) is 6.11. The average Bonchev–Trinajstić information content (AvgIpc) is 2.42. The number of hydrogen-bond donors (Lipinski definition) is 2. The van der Waals surface area contributed by atoms with E-state index < -0.39 is 15.7 Å². The Labute approximate surface area is 122 Å². The summed E-state index contributed by atoms with van der Waals surface area (Å²) in [4.78, 5) is 16.2. The highest BCUT2D eigenvalue weighted by atomic mass is 32.2. The molecule has 0 unspecified atom stereocenters. The lowest BCUT2D eigenvalue weighted by Crippen LogP contribution is -2.14. The van der Waals surface area contributed by atoms with E-state index in [-0.39, 0.29) is 10.5 Å². The largest absolute Gasteiger partial charge is 0.397 e. The van der Waals surface area contributed by atoms with Gasteiger partial charge in [0.1, 0.15) is 5.82 Å². The number of benzene rings is 1. The highest BCUT2D eigenvalue weighted by molar-refractivity contribution is 7.90. The summed E-state index contributed by atoms with van der Waals surface area (Å²) in [6.45, 7) is 1.80. The van der Waals surface area contributed by atoms with Crippen LogP contribution in [0.25, 0.3) is 0 Å². The fourth-order valence-electron chi connectivity index (χ4n) is 1.69. The molecule has 110 valence electrons. The molecular weight excluding hydrogens is 290 g/mol. The number of nitrogens with one attached hydrogen (secondary N) is 1. The number of nitrogens with zero attached hydrogens (tertiary/aromatic N) is 1. The van der Waals surface area contributed by atoms with Crippen molar-refractivity contribution in [2.75, 3.05) is 17.3 Å². The normalized spacial score (nSPS) is 11.1. The quantitative estimate of drug-likeness (QED) is 0.897. The van der Waals surface area contributed by atoms with Crippen molar-refractivity contribution in [2.45, 2.75) is 11.8 Å². The third kappa shape index (κ3) is 3.57. The monoisotopic (exact) mass is 305 g/mol. The molecule has 0 radical (unpaired) electrons. The minimum atomic E-state index is -3.36. The lowest BCUT2D eigenvalue weighted by atomic mass is 10.2. The predicted octanol–water partition coefficient (Wildman–Crippen LogP) is 1.63. The third-order valence-corrected chi connectivity index (χ3v) is 4.03. The van der Waals surface area contributed by atoms with E-state index in [1.807, 2.05) is 0 Å². The maximum atomic E-state index is 12.1. The number of sulfone groups is 1. The molecule has 7 heteroatoms. The summed E-state index contributed by atoms with van der Waals surface area (Å²) in [6.07, 6.45) is 2.55. The van der Waals surface area contributed by atoms with Crippen LogP contribution in [0.4, 0.5) is 11.5 Å². The van der Waals surface area contributed by atoms with E-state index in [1.165, 1.54) is 30.5 Å². The van der Waals surface area contributed by atoms with E-state index >= 15 is 0 Å². The van der Waals surface area contributed by atoms with Gasteiger partial charge >= 0.3 is 0 Å². The minimum Gasteiger partial charge on any atom is -0.397 e. The first-order chi connectivity index (χ1) is 9.77. The van der Waals surface area contributed by atoms with Gasteiger partial charge in [0.05, 0.1) is 16.8 Å². The van der Waals surface area contributed by atoms with Gasteiger partial charge in [0.25, 0.3) is 5.91 Å². The van der Waals surface area contributed by atoms with Crippen LogP contribution in [-0.4, -0.2) is 25.6 Å². The van der Waals surface area contributed by atoms with Gasteiger partial charge in [-0.25, -0.2) is 13.4 Å². The lowest BCUT2D eigenvalue weighted by Gasteiger charge is -2.07. The van der Waals surface area contributed by atoms with Crippen LogP contribution in [0.3, 0.4) is 0 Å². The predicted molar refractivity (Wildman–Crippen MR) is 80.9 cm³/mol. The van der Waals surface area contributed by atoms with E-state index in [2.05, 4.69) is 10.3 Å². The van der Waals surface area contributed by atoms with Crippen LogP contribution < -0.4 is 11.1 Å². The molecule has 2 rings (SSSR count). The summed E-state index contributed by atoms with van der Waals surface area (Å²) in [6, 6.07) is 7.47. The first kappa shape index (κ1) is 15.0. The van der Waals surface area contributed by atoms with Crippen molar-refractivity contribution in [1.82, 2.24) is 4.98 Å². The molecule has 1 heterocycles. The Kier molecular flexibility index (Phi) is 3.95. The highest BCUT2D eigenvalue weighted by Crippen LogP contribution is 2.15. The average molecular weight is 305 g/mol. The zero-order valence-electron chi connectivity index (χ0n) is 11.6. The van der Waals surface area contributed by atoms with Gasteiger partial charge in [0.2, 0.25) is 0 Å². The Morgan fingerprint density at radius 2 is 2.00 bits per heavy atom. The Balaban J connectivity index is 2.26. The molecule has 0 aliphatic carbocycles. The summed E-state index contributed by atoms with van der Waals surface area (Å²) in [5, 5.41) is 2.60. The van der Waals surface area contributed by atoms with Gasteiger partial charge in [-0.2, -0.15) is 0 Å². The van der Waals surface area contributed by atoms with E-state index in [9.17, 15) is 13.2 Å². The van der Waals surface area contributed by atoms with Crippen LogP contribution in [0.5, 0.6) is 0 Å². The second-order valence-electron chi connectivity index (χ2n) is 4.68. The smallest absolute Gasteiger partial charge is 0.256 e. The summed E-state index contributed by atoms with van der Waals surface area (Å²) >= 11 is 0. The van der Waals surface area contributed by atoms with Crippen molar-refractivity contribution in [3.63, 3.8) is 0 Å². The standard InChI is InChI=1S/C14H15N3O3S/c1-9-6-13(16-8-12(9)15)17-14(18)10-4-3-5-11(7-10)21(2,19)20/h3-8H,15H2,1-2H3,(H,16,17,18). The molecule has 2 aromatic rings. The van der Waals surface area contributed by atoms with E-state index in [1.54, 1.807) is 13.0 Å². The molecule has 3 N–H and O–H groups in total. The number of carbonyl (C=O) groups excluding carboxylic acids is 1. The summed E-state index contributed by atoms with van der Waals surface area (Å²) in [5.41, 5.74) is 7.23. The minimum absolute atomic E-state index is 0.0941. The molecule has 0 bridgehead atoms. The molecule has 0 aliphatic rings. The number of pyridine rings is 1. The van der Waals surface area contributed by atoms with Gasteiger partial charge in [-0.3, -0.25) is 4.79 Å². The molecule has 0 aliphatic heterocycles. The van der Waals surface area contributed by atoms with Crippen molar-refractivity contribution in [1.29, 1.82) is 0 Å². The fourth-order valence-corrected chi connectivity index (χ4v) is 2.36. The molecule has 0 atom stereocenters. The number of nitrogens with two attached hydrogens (primary N) is 1. The molecule has 21 heavy (non-hydrogen) atoms. The van der Waals surface area contributed by atoms with Crippen LogP contribution in [0.1, 0.15) is 15.9 Å². The molecule has 1 aromatic heterocycles. The molecule has 0 saturated heterocycles. The van der Waals surface area contributed by atoms with Crippen molar-refractivity contribution in [2.24, 2.45) is 0 Å². The third-order valence-electron chi connectivity index (χ3n) is 2.92. The molecular formula is C14H15N3O3S. The van der Waals surface area contributed by atoms with Gasteiger partial charge in [-0.05, 0) is 36.8 Å². The number of aromatic nitrogens is 1. The van der Waals surface area contributed by atoms with Crippen LogP contribution in [0, 0.1) is 6.92 Å². The number of rotatable bonds is 3. The fraction of sp³-hybridized carbons (Fsp3) is 0.143. The van der Waals surface area contributed by atoms with Crippen molar-refractivity contribution in [3.8, 4) is 0 Å². The van der Waals surface area contributed by atoms with Gasteiger partial charge < -0.3 is 11.1 Å². The van der Waals surface area contributed by atoms with E-state index in [4.69, 9.17) is 5.73 Å². The first-order valence-corrected chi connectivity index (χ1v) is 8.00. The lowest BCUT2D eigenvalue weighted by molar-refractivity contribution is 0.102. The van der Waals surface area contributed by atoms with Crippen molar-refractivity contribution >= 4 is 27.2 Å². The maximum Gasteiger partial charge on any atom is 0.256 e. The molecule has 6 nitrogen and oxygen atoms in total. The second kappa shape index (κ2) is 5.53. The van der Waals surface area contributed by atoms with E-state index in [0.717, 1.165) is 11.8 Å². The second-order valence-corrected chi connectivity index (χ2v) is 6.70. The zero-order chi connectivity index (χ0) is 15.6. The molecule has 0 fully saturated rings. The number of hydrogen-bond acceptors (Lipinski definition) is 5. The number of anilines is 2. The molecule has 1 aromatic carbocycles. The van der Waals surface area contributed by atoms with Gasteiger partial charge in [0.15, 0.2) is 9.84 Å². The SMILES string of the molecule is Cc1cc(NC(=O)c2cccc(S(C)(=O)=O)c2)ncc1N. The zero-order valence-corrected chi connectivity index (χ0v) is 12.4. The molecule has 0 spiro atoms. The Morgan fingerprint density at radius 3 is 2.62 bits per heavy atom. The number of carbonyl (C=O) groups is 1. The van der Waals surface area contributed by atoms with Crippen molar-refractivity contribution < 1.29 is 13.2 Å². The summed E-state index contributed by atoms with van der Waals surface area (Å²) < 4.78 is 23.0. The van der Waals surface area contributed by atoms with Crippen LogP contribution in [0.2, 0.25) is 0 Å². The van der Waals surface area contributed by atoms with Gasteiger partial charge in [0, 0.05) is 11.8 Å². The topological polar surface area (TPSA) is 102 Å². The van der Waals surface area contributed by atoms with Gasteiger partial charge in [-0.1, -0.05) is 6.07 Å². The van der Waals surface area contributed by atoms with Crippen LogP contribution in [0.15, 0.2) is 41.4 Å². The summed E-state index contributed by atoms with van der Waals surface area (Å²) in [7, 11) is -3.36. The number of amides is 1. The maximum absolute atomic E-state index is 12.1. The van der Waals surface area contributed by atoms with Crippen LogP contribution >= 0.6 is 0 Å². The summed E-state index contributed by atoms with van der Waals surface area (Å²) in [5.74, 6) is -0.0753. The molecule has 0 saturated carbocycles. The number of nitrogen functional groups attached to an aromatic ring is 1. The Morgan fingerprint density at radius 1 is 1.29 bits per heavy atom. The Bertz CT molecular complexity index is 801. The van der Waals surface area contributed by atoms with E-state index in [0.29, 0.717) is 11.5 Å². The Hall–Kier alpha value is -2.41. The molecule has 1 amide bonds. The highest BCUT2D eigenvalue weighted by Gasteiger charge is 2.12.